The molecule has 3 aromatic rings. The number of hydrogen-bond acceptors (Lipinski definition) is 4. The van der Waals surface area contributed by atoms with Crippen LogP contribution in [0.15, 0.2) is 35.1 Å². The predicted molar refractivity (Wildman–Crippen MR) is 119 cm³/mol. The maximum Gasteiger partial charge on any atom is 0.323 e. The van der Waals surface area contributed by atoms with Crippen LogP contribution in [-0.4, -0.2) is 34.1 Å². The number of urea groups is 1. The molecule has 30 heavy (non-hydrogen) atoms. The zero-order valence-electron chi connectivity index (χ0n) is 17.6. The van der Waals surface area contributed by atoms with Gasteiger partial charge in [0.2, 0.25) is 0 Å². The number of imidazole rings is 1. The van der Waals surface area contributed by atoms with Crippen molar-refractivity contribution in [2.75, 3.05) is 23.3 Å². The van der Waals surface area contributed by atoms with Gasteiger partial charge in [0.1, 0.15) is 5.82 Å². The molecule has 0 radical (unpaired) electrons. The van der Waals surface area contributed by atoms with Gasteiger partial charge in [0.15, 0.2) is 0 Å². The molecule has 158 valence electrons. The third kappa shape index (κ3) is 4.17. The van der Waals surface area contributed by atoms with Crippen LogP contribution in [-0.2, 0) is 12.0 Å². The molecule has 4 rings (SSSR count). The van der Waals surface area contributed by atoms with Crippen LogP contribution in [0, 0.1) is 0 Å². The molecule has 0 saturated carbocycles. The van der Waals surface area contributed by atoms with Crippen LogP contribution >= 0.6 is 0 Å². The summed E-state index contributed by atoms with van der Waals surface area (Å²) in [5.74, 6) is 0.956. The van der Waals surface area contributed by atoms with Crippen LogP contribution in [0.25, 0.3) is 11.0 Å². The van der Waals surface area contributed by atoms with Gasteiger partial charge in [-0.3, -0.25) is 0 Å². The first kappa shape index (κ1) is 20.0. The van der Waals surface area contributed by atoms with E-state index < -0.39 is 0 Å². The Kier molecular flexibility index (Phi) is 5.24. The quantitative estimate of drug-likeness (QED) is 0.530. The third-order valence-corrected chi connectivity index (χ3v) is 5.37. The van der Waals surface area contributed by atoms with Gasteiger partial charge < -0.3 is 25.5 Å². The van der Waals surface area contributed by atoms with E-state index in [4.69, 9.17) is 4.98 Å². The molecule has 1 aliphatic rings. The van der Waals surface area contributed by atoms with E-state index in [1.165, 1.54) is 0 Å². The van der Waals surface area contributed by atoms with Crippen molar-refractivity contribution < 1.29 is 4.79 Å². The molecule has 8 nitrogen and oxygen atoms in total. The number of H-pyrrole nitrogens is 2. The molecule has 3 heterocycles. The zero-order chi connectivity index (χ0) is 21.3. The molecule has 0 atom stereocenters. The van der Waals surface area contributed by atoms with Gasteiger partial charge >= 0.3 is 11.7 Å². The highest BCUT2D eigenvalue weighted by Gasteiger charge is 2.22. The van der Waals surface area contributed by atoms with Crippen LogP contribution in [0.2, 0.25) is 0 Å². The van der Waals surface area contributed by atoms with E-state index in [9.17, 15) is 9.59 Å². The summed E-state index contributed by atoms with van der Waals surface area (Å²) in [5.41, 5.74) is 3.46. The fourth-order valence-corrected chi connectivity index (χ4v) is 3.74. The standard InChI is InChI=1S/C22H28N6O2/c1-22(2,3)17-10-9-14(19(26-17)28-11-4-5-12-28)13-23-20(29)24-15-7-6-8-16-18(15)27-21(30)25-16/h6-10H,4-5,11-13H2,1-3H3,(H2,23,24,29)(H2,25,27,30). The van der Waals surface area contributed by atoms with Gasteiger partial charge in [0.05, 0.1) is 16.7 Å². The van der Waals surface area contributed by atoms with Crippen molar-refractivity contribution in [3.05, 3.63) is 52.1 Å². The van der Waals surface area contributed by atoms with Gasteiger partial charge in [0.25, 0.3) is 0 Å². The Morgan fingerprint density at radius 1 is 1.13 bits per heavy atom. The highest BCUT2D eigenvalue weighted by atomic mass is 16.2. The molecular formula is C22H28N6O2. The number of anilines is 2. The minimum absolute atomic E-state index is 0.0377. The molecule has 1 fully saturated rings. The van der Waals surface area contributed by atoms with Crippen molar-refractivity contribution in [1.82, 2.24) is 20.3 Å². The number of rotatable bonds is 4. The first-order valence-corrected chi connectivity index (χ1v) is 10.3. The number of nitrogens with one attached hydrogen (secondary N) is 4. The Labute approximate surface area is 175 Å². The topological polar surface area (TPSA) is 106 Å². The van der Waals surface area contributed by atoms with Crippen molar-refractivity contribution >= 4 is 28.6 Å². The monoisotopic (exact) mass is 408 g/mol. The average molecular weight is 409 g/mol. The number of para-hydroxylation sites is 1. The molecule has 0 bridgehead atoms. The molecule has 8 heteroatoms. The lowest BCUT2D eigenvalue weighted by atomic mass is 9.91. The number of carbonyl (C=O) groups excluding carboxylic acids is 1. The first-order chi connectivity index (χ1) is 14.3. The summed E-state index contributed by atoms with van der Waals surface area (Å²) in [4.78, 5) is 36.7. The van der Waals surface area contributed by atoms with E-state index in [1.807, 2.05) is 6.07 Å². The summed E-state index contributed by atoms with van der Waals surface area (Å²) < 4.78 is 0. The molecular weight excluding hydrogens is 380 g/mol. The van der Waals surface area contributed by atoms with Crippen molar-refractivity contribution in [3.8, 4) is 0 Å². The summed E-state index contributed by atoms with van der Waals surface area (Å²) >= 11 is 0. The molecule has 1 saturated heterocycles. The van der Waals surface area contributed by atoms with E-state index in [1.54, 1.807) is 18.2 Å². The van der Waals surface area contributed by atoms with Gasteiger partial charge in [-0.1, -0.05) is 32.9 Å². The highest BCUT2D eigenvalue weighted by molar-refractivity contribution is 5.98. The number of aromatic nitrogens is 3. The van der Waals surface area contributed by atoms with Crippen LogP contribution in [0.1, 0.15) is 44.9 Å². The lowest BCUT2D eigenvalue weighted by molar-refractivity contribution is 0.252. The second-order valence-electron chi connectivity index (χ2n) is 8.74. The van der Waals surface area contributed by atoms with Gasteiger partial charge in [-0.05, 0) is 31.0 Å². The number of fused-ring (bicyclic) bond motifs is 1. The van der Waals surface area contributed by atoms with Crippen molar-refractivity contribution in [1.29, 1.82) is 0 Å². The van der Waals surface area contributed by atoms with Gasteiger partial charge in [0, 0.05) is 36.3 Å². The van der Waals surface area contributed by atoms with E-state index in [0.29, 0.717) is 23.3 Å². The van der Waals surface area contributed by atoms with Crippen LogP contribution in [0.5, 0.6) is 0 Å². The Morgan fingerprint density at radius 3 is 2.63 bits per heavy atom. The van der Waals surface area contributed by atoms with Crippen molar-refractivity contribution in [2.24, 2.45) is 0 Å². The number of benzene rings is 1. The predicted octanol–water partition coefficient (Wildman–Crippen LogP) is 3.47. The van der Waals surface area contributed by atoms with Crippen molar-refractivity contribution in [3.63, 3.8) is 0 Å². The minimum atomic E-state index is -0.336. The van der Waals surface area contributed by atoms with Gasteiger partial charge in [-0.25, -0.2) is 14.6 Å². The summed E-state index contributed by atoms with van der Waals surface area (Å²) in [7, 11) is 0. The Balaban J connectivity index is 1.51. The minimum Gasteiger partial charge on any atom is -0.356 e. The summed E-state index contributed by atoms with van der Waals surface area (Å²) in [6, 6.07) is 9.08. The second-order valence-corrected chi connectivity index (χ2v) is 8.74. The fourth-order valence-electron chi connectivity index (χ4n) is 3.74. The van der Waals surface area contributed by atoms with Crippen molar-refractivity contribution in [2.45, 2.75) is 45.6 Å². The molecule has 1 aromatic carbocycles. The Morgan fingerprint density at radius 2 is 1.90 bits per heavy atom. The van der Waals surface area contributed by atoms with Crippen LogP contribution in [0.3, 0.4) is 0 Å². The normalized spacial score (nSPS) is 14.3. The molecule has 4 N–H and O–H groups in total. The fraction of sp³-hybridized carbons (Fsp3) is 0.409. The summed E-state index contributed by atoms with van der Waals surface area (Å²) in [6.07, 6.45) is 2.32. The summed E-state index contributed by atoms with van der Waals surface area (Å²) in [5, 5.41) is 5.74. The number of nitrogens with zero attached hydrogens (tertiary/aromatic N) is 2. The Hall–Kier alpha value is -3.29. The first-order valence-electron chi connectivity index (χ1n) is 10.3. The maximum absolute atomic E-state index is 12.5. The molecule has 0 unspecified atom stereocenters. The smallest absolute Gasteiger partial charge is 0.323 e. The molecule has 2 aromatic heterocycles. The number of pyridine rings is 1. The number of hydrogen-bond donors (Lipinski definition) is 4. The molecule has 2 amide bonds. The lowest BCUT2D eigenvalue weighted by Gasteiger charge is -2.25. The average Bonchev–Trinajstić information content (AvgIpc) is 3.35. The number of aromatic amines is 2. The van der Waals surface area contributed by atoms with Gasteiger partial charge in [-0.15, -0.1) is 0 Å². The number of carbonyl (C=O) groups is 1. The lowest BCUT2D eigenvalue weighted by Crippen LogP contribution is -2.30. The highest BCUT2D eigenvalue weighted by Crippen LogP contribution is 2.28. The van der Waals surface area contributed by atoms with E-state index >= 15 is 0 Å². The van der Waals surface area contributed by atoms with E-state index in [-0.39, 0.29) is 17.1 Å². The maximum atomic E-state index is 12.5. The Bertz CT molecular complexity index is 1120. The summed E-state index contributed by atoms with van der Waals surface area (Å²) in [6.45, 7) is 8.81. The second kappa shape index (κ2) is 7.85. The van der Waals surface area contributed by atoms with Gasteiger partial charge in [-0.2, -0.15) is 0 Å². The zero-order valence-corrected chi connectivity index (χ0v) is 17.6. The third-order valence-electron chi connectivity index (χ3n) is 5.37. The van der Waals surface area contributed by atoms with Crippen LogP contribution in [0.4, 0.5) is 16.3 Å². The van der Waals surface area contributed by atoms with E-state index in [0.717, 1.165) is 43.0 Å². The number of amides is 2. The van der Waals surface area contributed by atoms with E-state index in [2.05, 4.69) is 52.3 Å². The SMILES string of the molecule is CC(C)(C)c1ccc(CNC(=O)Nc2cccc3[nH]c(=O)[nH]c23)c(N2CCCC2)n1. The molecule has 1 aliphatic heterocycles. The van der Waals surface area contributed by atoms with Crippen LogP contribution < -0.4 is 21.2 Å². The molecule has 0 spiro atoms. The largest absolute Gasteiger partial charge is 0.356 e. The molecule has 0 aliphatic carbocycles.